The lowest BCUT2D eigenvalue weighted by atomic mass is 9.96. The molecule has 1 amide bonds. The van der Waals surface area contributed by atoms with E-state index in [1.54, 1.807) is 11.3 Å². The molecule has 0 unspecified atom stereocenters. The summed E-state index contributed by atoms with van der Waals surface area (Å²) in [4.78, 5) is 22.7. The second-order valence-electron chi connectivity index (χ2n) is 7.73. The summed E-state index contributed by atoms with van der Waals surface area (Å²) in [5.74, 6) is 1.66. The molecule has 2 aromatic heterocycles. The van der Waals surface area contributed by atoms with Gasteiger partial charge in [-0.15, -0.1) is 11.3 Å². The second kappa shape index (κ2) is 9.62. The van der Waals surface area contributed by atoms with Crippen molar-refractivity contribution in [1.29, 1.82) is 0 Å². The highest BCUT2D eigenvalue weighted by Crippen LogP contribution is 2.23. The fourth-order valence-electron chi connectivity index (χ4n) is 4.03. The van der Waals surface area contributed by atoms with E-state index in [0.717, 1.165) is 50.3 Å². The largest absolute Gasteiger partial charge is 0.356 e. The molecule has 0 radical (unpaired) electrons. The van der Waals surface area contributed by atoms with Gasteiger partial charge in [0.25, 0.3) is 0 Å². The summed E-state index contributed by atoms with van der Waals surface area (Å²) in [7, 11) is 0. The van der Waals surface area contributed by atoms with E-state index in [9.17, 15) is 4.79 Å². The van der Waals surface area contributed by atoms with Gasteiger partial charge in [-0.1, -0.05) is 11.2 Å². The van der Waals surface area contributed by atoms with Crippen LogP contribution in [0.4, 0.5) is 0 Å². The molecule has 0 saturated carbocycles. The van der Waals surface area contributed by atoms with E-state index < -0.39 is 0 Å². The summed E-state index contributed by atoms with van der Waals surface area (Å²) >= 11 is 1.61. The van der Waals surface area contributed by atoms with E-state index in [1.165, 1.54) is 25.9 Å². The molecule has 0 spiro atoms. The number of nitrogens with zero attached hydrogens (tertiary/aromatic N) is 4. The van der Waals surface area contributed by atoms with Gasteiger partial charge in [-0.25, -0.2) is 0 Å². The number of carbonyl (C=O) groups excluding carboxylic acids is 1. The number of rotatable bonds is 8. The Morgan fingerprint density at radius 3 is 2.79 bits per heavy atom. The molecule has 0 aliphatic carbocycles. The molecule has 4 heterocycles. The number of piperidine rings is 1. The average molecular weight is 404 g/mol. The molecule has 28 heavy (non-hydrogen) atoms. The maximum Gasteiger partial charge on any atom is 0.241 e. The fourth-order valence-corrected chi connectivity index (χ4v) is 4.68. The molecular formula is C20H29N5O2S. The highest BCUT2D eigenvalue weighted by atomic mass is 32.1. The first kappa shape index (κ1) is 19.5. The van der Waals surface area contributed by atoms with Crippen molar-refractivity contribution in [2.75, 3.05) is 39.3 Å². The lowest BCUT2D eigenvalue weighted by Crippen LogP contribution is -2.40. The standard InChI is InChI=1S/C20H29N5O2S/c26-20(21-8-4-11-24-9-1-2-10-24)16-6-12-25(13-7-16)15-18-22-19(23-27-18)17-5-3-14-28-17/h3,5,14,16H,1-2,4,6-13,15H2,(H,21,26). The zero-order chi connectivity index (χ0) is 19.2. The first-order valence-corrected chi connectivity index (χ1v) is 11.2. The summed E-state index contributed by atoms with van der Waals surface area (Å²) in [6.45, 7) is 6.79. The number of likely N-dealkylation sites (tertiary alicyclic amines) is 2. The Labute approximate surface area is 170 Å². The van der Waals surface area contributed by atoms with Crippen LogP contribution in [0.15, 0.2) is 22.0 Å². The van der Waals surface area contributed by atoms with Gasteiger partial charge in [-0.05, 0) is 76.3 Å². The van der Waals surface area contributed by atoms with Crippen LogP contribution in [0.1, 0.15) is 38.0 Å². The minimum Gasteiger partial charge on any atom is -0.356 e. The highest BCUT2D eigenvalue weighted by Gasteiger charge is 2.26. The van der Waals surface area contributed by atoms with Gasteiger partial charge in [-0.2, -0.15) is 4.98 Å². The number of nitrogens with one attached hydrogen (secondary N) is 1. The second-order valence-corrected chi connectivity index (χ2v) is 8.68. The predicted octanol–water partition coefficient (Wildman–Crippen LogP) is 2.61. The Kier molecular flexibility index (Phi) is 6.72. The van der Waals surface area contributed by atoms with Crippen molar-refractivity contribution in [3.63, 3.8) is 0 Å². The van der Waals surface area contributed by atoms with E-state index in [0.29, 0.717) is 18.3 Å². The van der Waals surface area contributed by atoms with Crippen molar-refractivity contribution in [2.45, 2.75) is 38.6 Å². The van der Waals surface area contributed by atoms with Crippen LogP contribution in [0.3, 0.4) is 0 Å². The van der Waals surface area contributed by atoms with Gasteiger partial charge in [0.1, 0.15) is 0 Å². The number of aromatic nitrogens is 2. The van der Waals surface area contributed by atoms with Crippen molar-refractivity contribution >= 4 is 17.2 Å². The summed E-state index contributed by atoms with van der Waals surface area (Å²) < 4.78 is 5.39. The van der Waals surface area contributed by atoms with Gasteiger partial charge < -0.3 is 14.7 Å². The molecule has 2 aliphatic heterocycles. The fraction of sp³-hybridized carbons (Fsp3) is 0.650. The van der Waals surface area contributed by atoms with Crippen LogP contribution in [0, 0.1) is 5.92 Å². The third kappa shape index (κ3) is 5.18. The monoisotopic (exact) mass is 403 g/mol. The van der Waals surface area contributed by atoms with Crippen LogP contribution in [0.5, 0.6) is 0 Å². The van der Waals surface area contributed by atoms with Crippen molar-refractivity contribution in [3.8, 4) is 10.7 Å². The van der Waals surface area contributed by atoms with E-state index in [2.05, 4.69) is 25.3 Å². The van der Waals surface area contributed by atoms with E-state index >= 15 is 0 Å². The van der Waals surface area contributed by atoms with Crippen molar-refractivity contribution in [2.24, 2.45) is 5.92 Å². The lowest BCUT2D eigenvalue weighted by Gasteiger charge is -2.30. The van der Waals surface area contributed by atoms with Crippen molar-refractivity contribution < 1.29 is 9.32 Å². The maximum atomic E-state index is 12.4. The number of amides is 1. The molecule has 2 fully saturated rings. The number of hydrogen-bond acceptors (Lipinski definition) is 7. The molecule has 2 aliphatic rings. The normalized spacial score (nSPS) is 19.3. The van der Waals surface area contributed by atoms with Crippen LogP contribution < -0.4 is 5.32 Å². The van der Waals surface area contributed by atoms with E-state index in [-0.39, 0.29) is 11.8 Å². The zero-order valence-electron chi connectivity index (χ0n) is 16.3. The summed E-state index contributed by atoms with van der Waals surface area (Å²) in [5.41, 5.74) is 0. The minimum atomic E-state index is 0.132. The molecule has 0 atom stereocenters. The van der Waals surface area contributed by atoms with Crippen LogP contribution >= 0.6 is 11.3 Å². The van der Waals surface area contributed by atoms with Gasteiger partial charge in [0.05, 0.1) is 11.4 Å². The van der Waals surface area contributed by atoms with Gasteiger partial charge in [0.15, 0.2) is 0 Å². The Bertz CT molecular complexity index is 734. The summed E-state index contributed by atoms with van der Waals surface area (Å²) in [6.07, 6.45) is 5.48. The first-order valence-electron chi connectivity index (χ1n) is 10.4. The molecule has 8 heteroatoms. The van der Waals surface area contributed by atoms with E-state index in [4.69, 9.17) is 4.52 Å². The van der Waals surface area contributed by atoms with Crippen molar-refractivity contribution in [1.82, 2.24) is 25.3 Å². The lowest BCUT2D eigenvalue weighted by molar-refractivity contribution is -0.126. The molecule has 1 N–H and O–H groups in total. The molecule has 7 nitrogen and oxygen atoms in total. The Balaban J connectivity index is 1.14. The minimum absolute atomic E-state index is 0.132. The summed E-state index contributed by atoms with van der Waals surface area (Å²) in [5, 5.41) is 9.21. The molecule has 0 aromatic carbocycles. The van der Waals surface area contributed by atoms with Gasteiger partial charge in [-0.3, -0.25) is 9.69 Å². The van der Waals surface area contributed by atoms with Crippen molar-refractivity contribution in [3.05, 3.63) is 23.4 Å². The Hall–Kier alpha value is -1.77. The Morgan fingerprint density at radius 2 is 2.04 bits per heavy atom. The molecule has 152 valence electrons. The zero-order valence-corrected chi connectivity index (χ0v) is 17.1. The number of carbonyl (C=O) groups is 1. The predicted molar refractivity (Wildman–Crippen MR) is 109 cm³/mol. The topological polar surface area (TPSA) is 74.5 Å². The maximum absolute atomic E-state index is 12.4. The van der Waals surface area contributed by atoms with Gasteiger partial charge in [0, 0.05) is 12.5 Å². The first-order chi connectivity index (χ1) is 13.8. The van der Waals surface area contributed by atoms with Crippen LogP contribution in [-0.4, -0.2) is 65.1 Å². The van der Waals surface area contributed by atoms with Gasteiger partial charge >= 0.3 is 0 Å². The average Bonchev–Trinajstić information content (AvgIpc) is 3.48. The van der Waals surface area contributed by atoms with Crippen LogP contribution in [0.2, 0.25) is 0 Å². The third-order valence-electron chi connectivity index (χ3n) is 5.68. The molecule has 2 saturated heterocycles. The van der Waals surface area contributed by atoms with Crippen LogP contribution in [-0.2, 0) is 11.3 Å². The molecule has 2 aromatic rings. The van der Waals surface area contributed by atoms with Crippen LogP contribution in [0.25, 0.3) is 10.7 Å². The summed E-state index contributed by atoms with van der Waals surface area (Å²) in [6, 6.07) is 3.98. The third-order valence-corrected chi connectivity index (χ3v) is 6.54. The quantitative estimate of drug-likeness (QED) is 0.683. The van der Waals surface area contributed by atoms with Gasteiger partial charge in [0.2, 0.25) is 17.6 Å². The SMILES string of the molecule is O=C(NCCCN1CCCC1)C1CCN(Cc2nc(-c3cccs3)no2)CC1. The number of hydrogen-bond donors (Lipinski definition) is 1. The molecular weight excluding hydrogens is 374 g/mol. The van der Waals surface area contributed by atoms with E-state index in [1.807, 2.05) is 17.5 Å². The molecule has 0 bridgehead atoms. The number of thiophene rings is 1. The smallest absolute Gasteiger partial charge is 0.241 e. The highest BCUT2D eigenvalue weighted by molar-refractivity contribution is 7.13. The Morgan fingerprint density at radius 1 is 1.21 bits per heavy atom. The molecule has 4 rings (SSSR count).